The highest BCUT2D eigenvalue weighted by Gasteiger charge is 2.68. The van der Waals surface area contributed by atoms with E-state index in [1.165, 1.54) is 49.8 Å². The van der Waals surface area contributed by atoms with E-state index in [1.54, 1.807) is 85.3 Å². The Morgan fingerprint density at radius 3 is 2.10 bits per heavy atom. The number of nitrogens with zero attached hydrogens (tertiary/aromatic N) is 6. The van der Waals surface area contributed by atoms with Gasteiger partial charge in [-0.1, -0.05) is 102 Å². The van der Waals surface area contributed by atoms with Gasteiger partial charge in [-0.25, -0.2) is 22.9 Å². The van der Waals surface area contributed by atoms with Crippen molar-refractivity contribution in [1.82, 2.24) is 50.6 Å². The summed E-state index contributed by atoms with van der Waals surface area (Å²) in [5.74, 6) is -1.68. The molecule has 23 nitrogen and oxygen atoms in total. The van der Waals surface area contributed by atoms with Gasteiger partial charge >= 0.3 is 6.03 Å². The first-order chi connectivity index (χ1) is 51.6. The molecule has 586 valence electrons. The number of carbonyl (C=O) groups is 6. The van der Waals surface area contributed by atoms with Crippen LogP contribution in [0.4, 0.5) is 16.2 Å². The number of nitrogens with one attached hydrogen (secondary N) is 6. The molecule has 1 aromatic heterocycles. The van der Waals surface area contributed by atoms with E-state index < -0.39 is 57.3 Å². The molecule has 4 aliphatic carbocycles. The molecule has 3 saturated carbocycles. The minimum atomic E-state index is -4.20. The van der Waals surface area contributed by atoms with E-state index in [2.05, 4.69) is 83.9 Å². The number of hydrogen-bond acceptors (Lipinski definition) is 18. The van der Waals surface area contributed by atoms with E-state index in [0.717, 1.165) is 95.0 Å². The molecular weight excluding hydrogens is 1430 g/mol. The topological polar surface area (TPSA) is 277 Å². The highest BCUT2D eigenvalue weighted by molar-refractivity contribution is 7.99. The maximum Gasteiger partial charge on any atom is 0.317 e. The number of benzene rings is 4. The van der Waals surface area contributed by atoms with Gasteiger partial charge in [-0.2, -0.15) is 0 Å². The van der Waals surface area contributed by atoms with Gasteiger partial charge in [0.1, 0.15) is 12.1 Å². The number of hydrogen-bond donors (Lipinski definition) is 7. The lowest BCUT2D eigenvalue weighted by Gasteiger charge is -2.73. The number of allylic oxidation sites excluding steroid dienone is 1. The average molecular weight is 1540 g/mol. The molecule has 3 saturated heterocycles. The number of ether oxygens (including phenoxy) is 2. The van der Waals surface area contributed by atoms with Gasteiger partial charge in [-0.05, 0) is 159 Å². The number of amides is 7. The summed E-state index contributed by atoms with van der Waals surface area (Å²) in [7, 11) is -4.20. The molecule has 7 aliphatic rings. The van der Waals surface area contributed by atoms with Crippen molar-refractivity contribution in [2.45, 2.75) is 173 Å². The van der Waals surface area contributed by atoms with Gasteiger partial charge in [-0.3, -0.25) is 33.8 Å². The highest BCUT2D eigenvalue weighted by Crippen LogP contribution is 2.79. The summed E-state index contributed by atoms with van der Waals surface area (Å²) < 4.78 is 41.2. The van der Waals surface area contributed by atoms with Crippen LogP contribution < -0.4 is 36.2 Å². The van der Waals surface area contributed by atoms with Crippen LogP contribution in [-0.4, -0.2) is 215 Å². The van der Waals surface area contributed by atoms with Crippen LogP contribution in [-0.2, 0) is 38.7 Å². The molecule has 108 heavy (non-hydrogen) atoms. The number of likely N-dealkylation sites (tertiary alicyclic amines) is 1. The smallest absolute Gasteiger partial charge is 0.317 e. The summed E-state index contributed by atoms with van der Waals surface area (Å²) in [6.45, 7) is 28.0. The second kappa shape index (κ2) is 36.2. The number of anilines is 2. The summed E-state index contributed by atoms with van der Waals surface area (Å²) in [5, 5.41) is 25.9. The Kier molecular flexibility index (Phi) is 27.3. The van der Waals surface area contributed by atoms with E-state index >= 15 is 0 Å². The van der Waals surface area contributed by atoms with Crippen LogP contribution in [0, 0.1) is 35.5 Å². The predicted octanol–water partition coefficient (Wildman–Crippen LogP) is 10.3. The van der Waals surface area contributed by atoms with E-state index in [9.17, 15) is 42.3 Å². The molecule has 6 fully saturated rings. The maximum absolute atomic E-state index is 14.2. The zero-order chi connectivity index (χ0) is 77.0. The van der Waals surface area contributed by atoms with E-state index in [-0.39, 0.29) is 93.3 Å². The van der Waals surface area contributed by atoms with Crippen molar-refractivity contribution in [3.05, 3.63) is 136 Å². The summed E-state index contributed by atoms with van der Waals surface area (Å²) in [4.78, 5) is 97.7. The minimum Gasteiger partial charge on any atom is -0.391 e. The van der Waals surface area contributed by atoms with Gasteiger partial charge in [-0.15, -0.1) is 23.1 Å². The van der Waals surface area contributed by atoms with Gasteiger partial charge < -0.3 is 55.9 Å². The number of rotatable bonds is 34. The molecule has 5 aromatic rings. The SMILES string of the molecule is CCC12CC(C3=C(CN4CCN(c5ccc(C(=O)NS(=O)(=O)c6ccc(N[C@H](CCN7CCN(C(=O)NCCOCCOCCNC(=O)CCC(=O)N[C@H](C(=O)N8C[C@H](O)C[C@H]8C(=O)N[C@@H](C)c8ccc(-c9scnc9C)cc8)C(C)(C)C)CC7)CSc7ccccc7)c(C)c6)cc5)CC4)CCC(C)(C)C3)(C1)C2. The zero-order valence-corrected chi connectivity index (χ0v) is 67.1. The van der Waals surface area contributed by atoms with Crippen LogP contribution in [0.15, 0.2) is 124 Å². The van der Waals surface area contributed by atoms with Crippen LogP contribution in [0.3, 0.4) is 0 Å². The Hall–Kier alpha value is -7.43. The van der Waals surface area contributed by atoms with Crippen molar-refractivity contribution >= 4 is 80.1 Å². The van der Waals surface area contributed by atoms with Crippen LogP contribution in [0.25, 0.3) is 10.4 Å². The number of aliphatic hydroxyl groups excluding tert-OH is 1. The minimum absolute atomic E-state index is 0.00749. The number of aryl methyl sites for hydroxylation is 2. The van der Waals surface area contributed by atoms with Gasteiger partial charge in [0.25, 0.3) is 15.9 Å². The summed E-state index contributed by atoms with van der Waals surface area (Å²) >= 11 is 3.31. The lowest BCUT2D eigenvalue weighted by Crippen LogP contribution is -2.63. The largest absolute Gasteiger partial charge is 0.391 e. The van der Waals surface area contributed by atoms with Crippen molar-refractivity contribution in [3.63, 3.8) is 0 Å². The fourth-order valence-corrected chi connectivity index (χ4v) is 19.2. The number of aliphatic hydroxyl groups is 1. The molecule has 7 amide bonds. The summed E-state index contributed by atoms with van der Waals surface area (Å²) in [6, 6.07) is 27.8. The molecule has 0 spiro atoms. The number of aromatic nitrogens is 1. The standard InChI is InChI=1S/C82H114N12O11S3/c1-10-81-52-82(53-81,54-81)68-48-80(8,9)30-28-62(68)49-91-36-38-92(39-37-91)64-22-20-61(21-23-64)75(98)89-108(102,103)67-24-25-69(56(2)46-67)87-63(51-106-66-14-12-11-13-15-66)29-33-90-34-40-93(41-35-90)78(101)84-32-43-105-45-44-104-42-31-83-71(96)26-27-72(97)88-74(79(5,6)7)77(100)94-50-65(95)47-70(94)76(99)86-57(3)59-16-18-60(19-17-59)73-58(4)85-55-107-73/h11-25,46,55,57,63,65,70,74,87,95H,10,26-45,47-54H2,1-9H3,(H,83,96)(H,84,101)(H,86,99)(H,88,97)(H,89,98)/t57-,63+,65+,70-,74+,81?,82?/m0/s1. The normalized spacial score (nSPS) is 21.8. The number of thioether (sulfide) groups is 1. The third-order valence-corrected chi connectivity index (χ3v) is 26.3. The van der Waals surface area contributed by atoms with Crippen molar-refractivity contribution < 1.29 is 51.8 Å². The lowest BCUT2D eigenvalue weighted by molar-refractivity contribution is -0.182. The maximum atomic E-state index is 14.2. The molecule has 2 bridgehead atoms. The number of β-amino-alcohol motifs (C(OH)–C–C–N with tert-alkyl or cyclic N) is 1. The van der Waals surface area contributed by atoms with Crippen LogP contribution >= 0.6 is 23.1 Å². The van der Waals surface area contributed by atoms with Gasteiger partial charge in [0.2, 0.25) is 23.6 Å². The molecule has 5 atom stereocenters. The van der Waals surface area contributed by atoms with Crippen molar-refractivity contribution in [2.75, 3.05) is 127 Å². The van der Waals surface area contributed by atoms with Crippen LogP contribution in [0.2, 0.25) is 0 Å². The first-order valence-electron chi connectivity index (χ1n) is 38.7. The fraction of sp³-hybridized carbons (Fsp3) is 0.573. The molecule has 26 heteroatoms. The molecule has 0 radical (unpaired) electrons. The Morgan fingerprint density at radius 1 is 0.787 bits per heavy atom. The number of carbonyl (C=O) groups excluding carboxylic acids is 6. The first-order valence-corrected chi connectivity index (χ1v) is 42.1. The third-order valence-electron chi connectivity index (χ3n) is 22.8. The van der Waals surface area contributed by atoms with Gasteiger partial charge in [0.15, 0.2) is 0 Å². The first kappa shape index (κ1) is 81.6. The monoisotopic (exact) mass is 1540 g/mol. The number of piperazine rings is 2. The van der Waals surface area contributed by atoms with E-state index in [4.69, 9.17) is 9.47 Å². The third kappa shape index (κ3) is 21.2. The summed E-state index contributed by atoms with van der Waals surface area (Å²) in [5.41, 5.74) is 11.8. The van der Waals surface area contributed by atoms with Crippen LogP contribution in [0.1, 0.15) is 152 Å². The number of urea groups is 1. The summed E-state index contributed by atoms with van der Waals surface area (Å²) in [6.07, 6.45) is 8.88. The molecule has 4 heterocycles. The highest BCUT2D eigenvalue weighted by atomic mass is 32.2. The van der Waals surface area contributed by atoms with Crippen molar-refractivity contribution in [1.29, 1.82) is 0 Å². The Bertz CT molecular complexity index is 4060. The van der Waals surface area contributed by atoms with E-state index in [0.29, 0.717) is 49.0 Å². The Morgan fingerprint density at radius 2 is 1.45 bits per heavy atom. The van der Waals surface area contributed by atoms with E-state index in [1.807, 2.05) is 85.8 Å². The Labute approximate surface area is 647 Å². The molecular formula is C82H114N12O11S3. The molecule has 7 N–H and O–H groups in total. The van der Waals surface area contributed by atoms with Crippen LogP contribution in [0.5, 0.6) is 0 Å². The molecule has 12 rings (SSSR count). The zero-order valence-electron chi connectivity index (χ0n) is 64.6. The molecule has 0 unspecified atom stereocenters. The van der Waals surface area contributed by atoms with Gasteiger partial charge in [0.05, 0.1) is 59.6 Å². The van der Waals surface area contributed by atoms with Crippen molar-refractivity contribution in [2.24, 2.45) is 21.7 Å². The Balaban J connectivity index is 0.542. The molecule has 4 aromatic carbocycles. The quantitative estimate of drug-likeness (QED) is 0.0115. The lowest BCUT2D eigenvalue weighted by atomic mass is 9.31. The second-order valence-electron chi connectivity index (χ2n) is 32.6. The number of thiazole rings is 1. The second-order valence-corrected chi connectivity index (χ2v) is 36.2. The fourth-order valence-electron chi connectivity index (χ4n) is 16.4. The number of sulfonamides is 1. The van der Waals surface area contributed by atoms with Crippen molar-refractivity contribution in [3.8, 4) is 10.4 Å². The molecule has 3 aliphatic heterocycles. The van der Waals surface area contributed by atoms with Gasteiger partial charge in [0, 0.05) is 138 Å². The predicted molar refractivity (Wildman–Crippen MR) is 425 cm³/mol. The average Bonchev–Trinajstić information content (AvgIpc) is 0.731.